The largest absolute Gasteiger partial charge is 0.352 e. The van der Waals surface area contributed by atoms with Crippen molar-refractivity contribution >= 4 is 17.8 Å². The lowest BCUT2D eigenvalue weighted by molar-refractivity contribution is -0.131. The molecule has 0 saturated carbocycles. The van der Waals surface area contributed by atoms with Gasteiger partial charge < -0.3 is 20.4 Å². The molecule has 3 rings (SSSR count). The fourth-order valence-corrected chi connectivity index (χ4v) is 3.70. The number of guanidine groups is 1. The minimum atomic E-state index is 0.0710. The summed E-state index contributed by atoms with van der Waals surface area (Å²) in [6.07, 6.45) is 2.33. The number of carbonyl (C=O) groups excluding carboxylic acids is 2. The van der Waals surface area contributed by atoms with Crippen LogP contribution in [0.4, 0.5) is 0 Å². The second kappa shape index (κ2) is 8.88. The van der Waals surface area contributed by atoms with Crippen LogP contribution in [0.2, 0.25) is 0 Å². The lowest BCUT2D eigenvalue weighted by atomic mass is 10.00. The zero-order valence-electron chi connectivity index (χ0n) is 16.2. The molecule has 7 nitrogen and oxygen atoms in total. The molecule has 1 unspecified atom stereocenters. The van der Waals surface area contributed by atoms with Crippen LogP contribution < -0.4 is 10.6 Å². The number of fused-ring (bicyclic) bond motifs is 1. The van der Waals surface area contributed by atoms with Gasteiger partial charge in [0.05, 0.1) is 6.54 Å². The summed E-state index contributed by atoms with van der Waals surface area (Å²) in [5, 5.41) is 6.44. The van der Waals surface area contributed by atoms with Crippen LogP contribution in [0.5, 0.6) is 0 Å². The fraction of sp³-hybridized carbons (Fsp3) is 0.550. The van der Waals surface area contributed by atoms with Gasteiger partial charge in [-0.1, -0.05) is 31.2 Å². The molecular formula is C20H29N5O2. The maximum absolute atomic E-state index is 12.6. The number of amides is 2. The van der Waals surface area contributed by atoms with Crippen LogP contribution in [0, 0.1) is 0 Å². The average Bonchev–Trinajstić information content (AvgIpc) is 3.18. The molecule has 2 heterocycles. The molecule has 1 saturated heterocycles. The Morgan fingerprint density at radius 2 is 1.93 bits per heavy atom. The molecule has 1 atom stereocenters. The van der Waals surface area contributed by atoms with E-state index in [0.717, 1.165) is 25.9 Å². The number of carbonyl (C=O) groups is 2. The summed E-state index contributed by atoms with van der Waals surface area (Å²) in [7, 11) is 1.70. The monoisotopic (exact) mass is 371 g/mol. The first kappa shape index (κ1) is 19.2. The molecule has 1 aromatic rings. The Balaban J connectivity index is 1.46. The van der Waals surface area contributed by atoms with Crippen LogP contribution in [-0.4, -0.2) is 66.8 Å². The predicted molar refractivity (Wildman–Crippen MR) is 105 cm³/mol. The topological polar surface area (TPSA) is 77.0 Å². The summed E-state index contributed by atoms with van der Waals surface area (Å²) in [4.78, 5) is 32.3. The summed E-state index contributed by atoms with van der Waals surface area (Å²) in [6.45, 7) is 4.97. The van der Waals surface area contributed by atoms with Crippen molar-refractivity contribution in [3.05, 3.63) is 35.4 Å². The van der Waals surface area contributed by atoms with Crippen molar-refractivity contribution in [1.29, 1.82) is 0 Å². The molecule has 0 aliphatic carbocycles. The van der Waals surface area contributed by atoms with Crippen LogP contribution in [0.15, 0.2) is 29.3 Å². The van der Waals surface area contributed by atoms with Crippen molar-refractivity contribution in [1.82, 2.24) is 20.4 Å². The van der Waals surface area contributed by atoms with Crippen LogP contribution in [0.25, 0.3) is 0 Å². The fourth-order valence-electron chi connectivity index (χ4n) is 3.70. The molecule has 2 aliphatic heterocycles. The van der Waals surface area contributed by atoms with E-state index in [0.29, 0.717) is 25.5 Å². The van der Waals surface area contributed by atoms with Crippen LogP contribution in [0.3, 0.4) is 0 Å². The Hall–Kier alpha value is -2.57. The van der Waals surface area contributed by atoms with E-state index in [2.05, 4.69) is 27.8 Å². The van der Waals surface area contributed by atoms with E-state index >= 15 is 0 Å². The third kappa shape index (κ3) is 4.78. The van der Waals surface area contributed by atoms with E-state index in [9.17, 15) is 9.59 Å². The van der Waals surface area contributed by atoms with Crippen molar-refractivity contribution in [2.45, 2.75) is 38.8 Å². The molecule has 2 aliphatic rings. The van der Waals surface area contributed by atoms with Gasteiger partial charge in [-0.25, -0.2) is 0 Å². The maximum Gasteiger partial charge on any atom is 0.242 e. The lowest BCUT2D eigenvalue weighted by Gasteiger charge is -2.29. The summed E-state index contributed by atoms with van der Waals surface area (Å²) in [6, 6.07) is 8.46. The van der Waals surface area contributed by atoms with Gasteiger partial charge in [0, 0.05) is 45.7 Å². The predicted octanol–water partition coefficient (Wildman–Crippen LogP) is 0.747. The molecule has 0 radical (unpaired) electrons. The summed E-state index contributed by atoms with van der Waals surface area (Å²) in [5.74, 6) is 0.862. The first-order valence-electron chi connectivity index (χ1n) is 9.70. The molecule has 2 amide bonds. The molecule has 7 heteroatoms. The van der Waals surface area contributed by atoms with Gasteiger partial charge in [-0.05, 0) is 24.0 Å². The molecule has 1 fully saturated rings. The zero-order valence-corrected chi connectivity index (χ0v) is 16.2. The number of rotatable bonds is 4. The molecule has 1 aromatic carbocycles. The number of likely N-dealkylation sites (tertiary alicyclic amines) is 1. The average molecular weight is 371 g/mol. The number of hydrogen-bond donors (Lipinski definition) is 2. The summed E-state index contributed by atoms with van der Waals surface area (Å²) < 4.78 is 0. The Morgan fingerprint density at radius 3 is 2.67 bits per heavy atom. The highest BCUT2D eigenvalue weighted by Crippen LogP contribution is 2.18. The standard InChI is InChI=1S/C20H29N5O2/c1-3-18(26)25-11-9-17(14-25)23-20(21-2)22-12-19(27)24-10-8-15-6-4-5-7-16(15)13-24/h4-7,17H,3,8-14H2,1-2H3,(H2,21,22,23). The SMILES string of the molecule is CCC(=O)N1CCC(NC(=NC)NCC(=O)N2CCc3ccccc3C2)C1. The van der Waals surface area contributed by atoms with Gasteiger partial charge in [-0.3, -0.25) is 14.6 Å². The quantitative estimate of drug-likeness (QED) is 0.605. The second-order valence-corrected chi connectivity index (χ2v) is 7.08. The highest BCUT2D eigenvalue weighted by Gasteiger charge is 2.26. The molecular weight excluding hydrogens is 342 g/mol. The normalized spacial score (nSPS) is 19.6. The molecule has 146 valence electrons. The van der Waals surface area contributed by atoms with Gasteiger partial charge in [0.1, 0.15) is 0 Å². The smallest absolute Gasteiger partial charge is 0.242 e. The molecule has 0 bridgehead atoms. The van der Waals surface area contributed by atoms with E-state index < -0.39 is 0 Å². The van der Waals surface area contributed by atoms with Gasteiger partial charge >= 0.3 is 0 Å². The van der Waals surface area contributed by atoms with Crippen molar-refractivity contribution in [3.63, 3.8) is 0 Å². The van der Waals surface area contributed by atoms with Crippen LogP contribution in [0.1, 0.15) is 30.9 Å². The molecule has 2 N–H and O–H groups in total. The Labute approximate surface area is 160 Å². The highest BCUT2D eigenvalue weighted by molar-refractivity contribution is 5.86. The van der Waals surface area contributed by atoms with E-state index in [1.165, 1.54) is 11.1 Å². The van der Waals surface area contributed by atoms with Crippen LogP contribution >= 0.6 is 0 Å². The Morgan fingerprint density at radius 1 is 1.15 bits per heavy atom. The zero-order chi connectivity index (χ0) is 19.2. The molecule has 0 aromatic heterocycles. The number of nitrogens with zero attached hydrogens (tertiary/aromatic N) is 3. The van der Waals surface area contributed by atoms with E-state index in [1.54, 1.807) is 7.05 Å². The summed E-state index contributed by atoms with van der Waals surface area (Å²) >= 11 is 0. The van der Waals surface area contributed by atoms with Gasteiger partial charge in [-0.2, -0.15) is 0 Å². The minimum Gasteiger partial charge on any atom is -0.352 e. The minimum absolute atomic E-state index is 0.0710. The van der Waals surface area contributed by atoms with E-state index in [1.807, 2.05) is 28.9 Å². The number of nitrogens with one attached hydrogen (secondary N) is 2. The highest BCUT2D eigenvalue weighted by atomic mass is 16.2. The van der Waals surface area contributed by atoms with Crippen LogP contribution in [-0.2, 0) is 22.6 Å². The summed E-state index contributed by atoms with van der Waals surface area (Å²) in [5.41, 5.74) is 2.56. The third-order valence-corrected chi connectivity index (χ3v) is 5.30. The lowest BCUT2D eigenvalue weighted by Crippen LogP contribution is -2.49. The number of benzene rings is 1. The Kier molecular flexibility index (Phi) is 6.32. The Bertz CT molecular complexity index is 718. The number of aliphatic imine (C=N–C) groups is 1. The third-order valence-electron chi connectivity index (χ3n) is 5.30. The maximum atomic E-state index is 12.6. The van der Waals surface area contributed by atoms with Crippen molar-refractivity contribution in [2.75, 3.05) is 33.2 Å². The van der Waals surface area contributed by atoms with Crippen molar-refractivity contribution < 1.29 is 9.59 Å². The van der Waals surface area contributed by atoms with Crippen molar-refractivity contribution in [3.8, 4) is 0 Å². The van der Waals surface area contributed by atoms with E-state index in [-0.39, 0.29) is 24.4 Å². The van der Waals surface area contributed by atoms with E-state index in [4.69, 9.17) is 0 Å². The first-order valence-corrected chi connectivity index (χ1v) is 9.70. The molecule has 0 spiro atoms. The van der Waals surface area contributed by atoms with Gasteiger partial charge in [0.2, 0.25) is 11.8 Å². The van der Waals surface area contributed by atoms with Gasteiger partial charge in [0.15, 0.2) is 5.96 Å². The first-order chi connectivity index (χ1) is 13.1. The second-order valence-electron chi connectivity index (χ2n) is 7.08. The van der Waals surface area contributed by atoms with Gasteiger partial charge in [-0.15, -0.1) is 0 Å². The number of hydrogen-bond acceptors (Lipinski definition) is 3. The van der Waals surface area contributed by atoms with Crippen molar-refractivity contribution in [2.24, 2.45) is 4.99 Å². The van der Waals surface area contributed by atoms with Gasteiger partial charge in [0.25, 0.3) is 0 Å². The molecule has 27 heavy (non-hydrogen) atoms.